The third-order valence-electron chi connectivity index (χ3n) is 4.15. The monoisotopic (exact) mass is 293 g/mol. The normalized spacial score (nSPS) is 23.8. The molecule has 1 fully saturated rings. The average Bonchev–Trinajstić information content (AvgIpc) is 2.55. The van der Waals surface area contributed by atoms with Crippen molar-refractivity contribution >= 4 is 0 Å². The van der Waals surface area contributed by atoms with Gasteiger partial charge in [0.05, 0.1) is 25.4 Å². The van der Waals surface area contributed by atoms with Crippen molar-refractivity contribution in [3.8, 4) is 5.75 Å². The quantitative estimate of drug-likeness (QED) is 0.839. The molecule has 1 N–H and O–H groups in total. The maximum atomic E-state index is 6.34. The second kappa shape index (κ2) is 8.37. The van der Waals surface area contributed by atoms with E-state index < -0.39 is 0 Å². The number of rotatable bonds is 7. The topological polar surface area (TPSA) is 39.7 Å². The van der Waals surface area contributed by atoms with Gasteiger partial charge in [-0.25, -0.2) is 0 Å². The van der Waals surface area contributed by atoms with Gasteiger partial charge in [0.1, 0.15) is 5.75 Å². The van der Waals surface area contributed by atoms with Crippen molar-refractivity contribution in [3.63, 3.8) is 0 Å². The molecule has 1 aliphatic carbocycles. The van der Waals surface area contributed by atoms with Crippen molar-refractivity contribution < 1.29 is 14.2 Å². The summed E-state index contributed by atoms with van der Waals surface area (Å²) in [6, 6.07) is 8.13. The smallest absolute Gasteiger partial charge is 0.118 e. The number of methoxy groups -OCH3 is 2. The molecule has 118 valence electrons. The van der Waals surface area contributed by atoms with Gasteiger partial charge in [-0.2, -0.15) is 0 Å². The van der Waals surface area contributed by atoms with Crippen molar-refractivity contribution in [1.82, 2.24) is 5.32 Å². The van der Waals surface area contributed by atoms with E-state index in [4.69, 9.17) is 14.2 Å². The predicted octanol–water partition coefficient (Wildman–Crippen LogP) is 2.93. The molecule has 0 aromatic heterocycles. The molecule has 0 amide bonds. The predicted molar refractivity (Wildman–Crippen MR) is 83.8 cm³/mol. The Bertz CT molecular complexity index is 407. The molecule has 1 aliphatic rings. The molecule has 1 aromatic rings. The standard InChI is InChI=1S/C17H27NO3/c1-18-12-17(13-7-9-14(19-2)10-8-13)21-16-6-4-5-15(11-16)20-3/h7-10,15-18H,4-6,11-12H2,1-3H3. The SMILES string of the molecule is CNCC(OC1CCCC(OC)C1)c1ccc(OC)cc1. The molecule has 0 aliphatic heterocycles. The van der Waals surface area contributed by atoms with E-state index in [1.54, 1.807) is 14.2 Å². The molecule has 3 unspecified atom stereocenters. The average molecular weight is 293 g/mol. The van der Waals surface area contributed by atoms with Crippen LogP contribution in [-0.2, 0) is 9.47 Å². The number of hydrogen-bond donors (Lipinski definition) is 1. The van der Waals surface area contributed by atoms with E-state index in [0.717, 1.165) is 31.6 Å². The Morgan fingerprint density at radius 3 is 2.48 bits per heavy atom. The first-order valence-corrected chi connectivity index (χ1v) is 7.73. The Kier molecular flexibility index (Phi) is 6.49. The van der Waals surface area contributed by atoms with Crippen LogP contribution in [-0.4, -0.2) is 40.0 Å². The molecule has 1 aromatic carbocycles. The van der Waals surface area contributed by atoms with Crippen LogP contribution in [0.5, 0.6) is 5.75 Å². The fourth-order valence-electron chi connectivity index (χ4n) is 2.92. The molecule has 3 atom stereocenters. The summed E-state index contributed by atoms with van der Waals surface area (Å²) in [6.45, 7) is 0.806. The van der Waals surface area contributed by atoms with Gasteiger partial charge in [-0.05, 0) is 50.4 Å². The van der Waals surface area contributed by atoms with Gasteiger partial charge >= 0.3 is 0 Å². The van der Waals surface area contributed by atoms with Crippen LogP contribution in [0.1, 0.15) is 37.4 Å². The van der Waals surface area contributed by atoms with E-state index in [2.05, 4.69) is 17.4 Å². The molecule has 4 heteroatoms. The number of ether oxygens (including phenoxy) is 3. The highest BCUT2D eigenvalue weighted by Crippen LogP contribution is 2.29. The Morgan fingerprint density at radius 2 is 1.86 bits per heavy atom. The minimum atomic E-state index is 0.0708. The number of likely N-dealkylation sites (N-methyl/N-ethyl adjacent to an activating group) is 1. The van der Waals surface area contributed by atoms with E-state index in [-0.39, 0.29) is 12.2 Å². The molecular weight excluding hydrogens is 266 g/mol. The summed E-state index contributed by atoms with van der Waals surface area (Å²) in [5.41, 5.74) is 1.18. The van der Waals surface area contributed by atoms with Gasteiger partial charge in [0, 0.05) is 13.7 Å². The molecule has 21 heavy (non-hydrogen) atoms. The summed E-state index contributed by atoms with van der Waals surface area (Å²) >= 11 is 0. The summed E-state index contributed by atoms with van der Waals surface area (Å²) in [6.07, 6.45) is 5.14. The highest BCUT2D eigenvalue weighted by Gasteiger charge is 2.25. The third-order valence-corrected chi connectivity index (χ3v) is 4.15. The number of nitrogens with one attached hydrogen (secondary N) is 1. The lowest BCUT2D eigenvalue weighted by Gasteiger charge is -2.31. The Hall–Kier alpha value is -1.10. The Balaban J connectivity index is 2.00. The largest absolute Gasteiger partial charge is 0.497 e. The Morgan fingerprint density at radius 1 is 1.14 bits per heavy atom. The summed E-state index contributed by atoms with van der Waals surface area (Å²) in [5.74, 6) is 0.874. The van der Waals surface area contributed by atoms with Crippen molar-refractivity contribution in [3.05, 3.63) is 29.8 Å². The van der Waals surface area contributed by atoms with Crippen LogP contribution in [0.2, 0.25) is 0 Å². The van der Waals surface area contributed by atoms with Crippen LogP contribution in [0.15, 0.2) is 24.3 Å². The van der Waals surface area contributed by atoms with Crippen LogP contribution >= 0.6 is 0 Å². The summed E-state index contributed by atoms with van der Waals surface area (Å²) < 4.78 is 17.0. The highest BCUT2D eigenvalue weighted by molar-refractivity contribution is 5.28. The number of benzene rings is 1. The fourth-order valence-corrected chi connectivity index (χ4v) is 2.92. The lowest BCUT2D eigenvalue weighted by atomic mass is 9.94. The molecule has 0 spiro atoms. The Labute approximate surface area is 127 Å². The van der Waals surface area contributed by atoms with E-state index >= 15 is 0 Å². The van der Waals surface area contributed by atoms with E-state index in [1.807, 2.05) is 19.2 Å². The van der Waals surface area contributed by atoms with Crippen LogP contribution in [0.4, 0.5) is 0 Å². The van der Waals surface area contributed by atoms with E-state index in [9.17, 15) is 0 Å². The molecule has 1 saturated carbocycles. The minimum Gasteiger partial charge on any atom is -0.497 e. The van der Waals surface area contributed by atoms with Crippen LogP contribution in [0.3, 0.4) is 0 Å². The van der Waals surface area contributed by atoms with E-state index in [1.165, 1.54) is 12.0 Å². The van der Waals surface area contributed by atoms with Crippen LogP contribution in [0, 0.1) is 0 Å². The maximum Gasteiger partial charge on any atom is 0.118 e. The summed E-state index contributed by atoms with van der Waals surface area (Å²) in [5, 5.41) is 3.22. The van der Waals surface area contributed by atoms with Gasteiger partial charge < -0.3 is 19.5 Å². The third kappa shape index (κ3) is 4.70. The lowest BCUT2D eigenvalue weighted by Crippen LogP contribution is -2.31. The maximum absolute atomic E-state index is 6.34. The molecule has 0 heterocycles. The second-order valence-corrected chi connectivity index (χ2v) is 5.60. The zero-order valence-corrected chi connectivity index (χ0v) is 13.3. The zero-order chi connectivity index (χ0) is 15.1. The van der Waals surface area contributed by atoms with Crippen molar-refractivity contribution in [1.29, 1.82) is 0 Å². The van der Waals surface area contributed by atoms with Gasteiger partial charge in [-0.3, -0.25) is 0 Å². The molecule has 0 bridgehead atoms. The van der Waals surface area contributed by atoms with Crippen molar-refractivity contribution in [2.45, 2.75) is 44.0 Å². The van der Waals surface area contributed by atoms with Gasteiger partial charge in [0.15, 0.2) is 0 Å². The first-order chi connectivity index (χ1) is 10.3. The molecular formula is C17H27NO3. The van der Waals surface area contributed by atoms with Crippen molar-refractivity contribution in [2.24, 2.45) is 0 Å². The minimum absolute atomic E-state index is 0.0708. The number of hydrogen-bond acceptors (Lipinski definition) is 4. The molecule has 0 radical (unpaired) electrons. The molecule has 0 saturated heterocycles. The van der Waals surface area contributed by atoms with Gasteiger partial charge in [0.25, 0.3) is 0 Å². The fraction of sp³-hybridized carbons (Fsp3) is 0.647. The molecule has 2 rings (SSSR count). The van der Waals surface area contributed by atoms with Crippen LogP contribution < -0.4 is 10.1 Å². The lowest BCUT2D eigenvalue weighted by molar-refractivity contribution is -0.0651. The summed E-state index contributed by atoms with van der Waals surface area (Å²) in [7, 11) is 5.43. The van der Waals surface area contributed by atoms with Crippen molar-refractivity contribution in [2.75, 3.05) is 27.8 Å². The van der Waals surface area contributed by atoms with Gasteiger partial charge in [0.2, 0.25) is 0 Å². The van der Waals surface area contributed by atoms with Gasteiger partial charge in [-0.15, -0.1) is 0 Å². The van der Waals surface area contributed by atoms with E-state index in [0.29, 0.717) is 6.10 Å². The first kappa shape index (κ1) is 16.3. The zero-order valence-electron chi connectivity index (χ0n) is 13.3. The summed E-state index contributed by atoms with van der Waals surface area (Å²) in [4.78, 5) is 0. The highest BCUT2D eigenvalue weighted by atomic mass is 16.5. The van der Waals surface area contributed by atoms with Crippen LogP contribution in [0.25, 0.3) is 0 Å². The first-order valence-electron chi connectivity index (χ1n) is 7.73. The second-order valence-electron chi connectivity index (χ2n) is 5.60. The van der Waals surface area contributed by atoms with Gasteiger partial charge in [-0.1, -0.05) is 12.1 Å². The molecule has 4 nitrogen and oxygen atoms in total.